The molecule has 1 amide bonds. The number of nitrogens with two attached hydrogens (primary N) is 1. The molecule has 0 saturated carbocycles. The lowest BCUT2D eigenvalue weighted by Crippen LogP contribution is -2.29. The van der Waals surface area contributed by atoms with Crippen molar-refractivity contribution in [2.75, 3.05) is 23.4 Å². The number of anilines is 3. The van der Waals surface area contributed by atoms with Gasteiger partial charge in [-0.2, -0.15) is 0 Å². The van der Waals surface area contributed by atoms with E-state index in [-0.39, 0.29) is 18.3 Å². The maximum Gasteiger partial charge on any atom is 0.519 e. The van der Waals surface area contributed by atoms with Gasteiger partial charge in [0.05, 0.1) is 18.3 Å². The third-order valence-electron chi connectivity index (χ3n) is 5.58. The molecular weight excluding hydrogens is 718 g/mol. The van der Waals surface area contributed by atoms with E-state index < -0.39 is 35.2 Å². The third-order valence-corrected chi connectivity index (χ3v) is 5.58. The molecule has 0 bridgehead atoms. The normalized spacial score (nSPS) is 10.9. The summed E-state index contributed by atoms with van der Waals surface area (Å²) in [6, 6.07) is 22.5. The van der Waals surface area contributed by atoms with E-state index in [4.69, 9.17) is 34.2 Å². The highest BCUT2D eigenvalue weighted by molar-refractivity contribution is 5.84. The fourth-order valence-electron chi connectivity index (χ4n) is 3.71. The predicted octanol–water partition coefficient (Wildman–Crippen LogP) is 11.3. The monoisotopic (exact) mass is 785 g/mol. The predicted molar refractivity (Wildman–Crippen MR) is 224 cm³/mol. The molecule has 0 aliphatic rings. The molecule has 0 atom stereocenters. The maximum absolute atomic E-state index is 11.5. The lowest BCUT2D eigenvalue weighted by Gasteiger charge is -2.20. The van der Waals surface area contributed by atoms with E-state index in [1.807, 2.05) is 130 Å². The molecule has 0 aromatic heterocycles. The van der Waals surface area contributed by atoms with E-state index in [9.17, 15) is 14.4 Å². The van der Waals surface area contributed by atoms with Gasteiger partial charge in [-0.1, -0.05) is 0 Å². The molecule has 4 N–H and O–H groups in total. The van der Waals surface area contributed by atoms with E-state index in [0.29, 0.717) is 5.69 Å². The van der Waals surface area contributed by atoms with E-state index >= 15 is 0 Å². The highest BCUT2D eigenvalue weighted by Gasteiger charge is 2.24. The summed E-state index contributed by atoms with van der Waals surface area (Å²) >= 11 is 0. The van der Waals surface area contributed by atoms with E-state index in [0.717, 1.165) is 28.6 Å². The van der Waals surface area contributed by atoms with Crippen LogP contribution < -0.4 is 30.6 Å². The summed E-state index contributed by atoms with van der Waals surface area (Å²) in [5, 5.41) is 5.71. The number of hydrogen-bond donors (Lipinski definition) is 3. The van der Waals surface area contributed by atoms with Gasteiger partial charge in [-0.15, -0.1) is 0 Å². The zero-order valence-electron chi connectivity index (χ0n) is 36.3. The zero-order valence-corrected chi connectivity index (χ0v) is 36.3. The molecule has 314 valence electrons. The first kappa shape index (κ1) is 50.7. The second-order valence-corrected chi connectivity index (χ2v) is 16.0. The lowest BCUT2D eigenvalue weighted by atomic mass is 10.2. The largest absolute Gasteiger partial charge is 0.519 e. The minimum Gasteiger partial charge on any atom is -0.491 e. The first-order chi connectivity index (χ1) is 25.7. The number of hydrogen-bond acceptors (Lipinski definition) is 12. The lowest BCUT2D eigenvalue weighted by molar-refractivity contribution is -0.0294. The van der Waals surface area contributed by atoms with Crippen molar-refractivity contribution >= 4 is 35.5 Å². The van der Waals surface area contributed by atoms with Gasteiger partial charge >= 0.3 is 18.4 Å². The molecule has 0 saturated heterocycles. The summed E-state index contributed by atoms with van der Waals surface area (Å²) in [5.41, 5.74) is 6.16. The molecule has 0 fully saturated rings. The van der Waals surface area contributed by atoms with Crippen LogP contribution in [-0.2, 0) is 18.9 Å². The molecule has 0 aliphatic heterocycles. The van der Waals surface area contributed by atoms with Crippen LogP contribution in [0.5, 0.6) is 17.2 Å². The second kappa shape index (κ2) is 24.2. The molecule has 0 spiro atoms. The molecular formula is C43H67N3O10. The maximum atomic E-state index is 11.5. The molecule has 3 aromatic carbocycles. The van der Waals surface area contributed by atoms with Crippen LogP contribution >= 0.6 is 0 Å². The van der Waals surface area contributed by atoms with Crippen LogP contribution in [-0.4, -0.2) is 60.6 Å². The number of rotatable bonds is 8. The number of ether oxygens (including phenoxy) is 7. The molecule has 0 radical (unpaired) electrons. The quantitative estimate of drug-likeness (QED) is 0.0857. The van der Waals surface area contributed by atoms with Gasteiger partial charge in [-0.3, -0.25) is 5.32 Å². The van der Waals surface area contributed by atoms with Gasteiger partial charge in [0, 0.05) is 24.1 Å². The summed E-state index contributed by atoms with van der Waals surface area (Å²) in [6.45, 7) is 27.5. The highest BCUT2D eigenvalue weighted by atomic mass is 16.8. The Kier molecular flexibility index (Phi) is 21.9. The minimum atomic E-state index is -1.06. The molecule has 0 unspecified atom stereocenters. The number of carbonyl (C=O) groups excluding carboxylic acids is 3. The summed E-state index contributed by atoms with van der Waals surface area (Å²) in [5.74, 6) is 2.57. The van der Waals surface area contributed by atoms with Crippen LogP contribution in [0.4, 0.5) is 31.4 Å². The average molecular weight is 786 g/mol. The Morgan fingerprint density at radius 3 is 1.09 bits per heavy atom. The van der Waals surface area contributed by atoms with Gasteiger partial charge < -0.3 is 44.2 Å². The molecule has 13 heteroatoms. The molecule has 0 heterocycles. The third kappa shape index (κ3) is 29.1. The number of nitrogens with one attached hydrogen (secondary N) is 2. The van der Waals surface area contributed by atoms with Gasteiger partial charge in [-0.05, 0) is 177 Å². The van der Waals surface area contributed by atoms with Crippen molar-refractivity contribution in [3.63, 3.8) is 0 Å². The number of nitrogen functional groups attached to an aromatic ring is 1. The average Bonchev–Trinajstić information content (AvgIpc) is 3.01. The van der Waals surface area contributed by atoms with Crippen molar-refractivity contribution < 1.29 is 47.5 Å². The zero-order chi connectivity index (χ0) is 43.3. The summed E-state index contributed by atoms with van der Waals surface area (Å²) in [6.07, 6.45) is -1.98. The first-order valence-electron chi connectivity index (χ1n) is 18.5. The van der Waals surface area contributed by atoms with Gasteiger partial charge in [-0.25, -0.2) is 14.4 Å². The van der Waals surface area contributed by atoms with E-state index in [2.05, 4.69) is 15.4 Å². The Labute approximate surface area is 334 Å². The summed E-state index contributed by atoms with van der Waals surface area (Å²) < 4.78 is 35.4. The van der Waals surface area contributed by atoms with Crippen molar-refractivity contribution in [2.45, 2.75) is 139 Å². The summed E-state index contributed by atoms with van der Waals surface area (Å²) in [7, 11) is 1.90. The SMILES string of the molecule is CC(C)(C)OC(=O)OC(=O)OC(C)(C)C.CC(C)Oc1ccc(N)cc1.CC(C)Oc1ccc(NC(=O)OC(C)(C)C)cc1.CNc1ccc(OC(C)C)cc1. The van der Waals surface area contributed by atoms with Gasteiger partial charge in [0.25, 0.3) is 0 Å². The Bertz CT molecular complexity index is 1530. The smallest absolute Gasteiger partial charge is 0.491 e. The van der Waals surface area contributed by atoms with Gasteiger partial charge in [0.15, 0.2) is 0 Å². The fourth-order valence-corrected chi connectivity index (χ4v) is 3.71. The van der Waals surface area contributed by atoms with Crippen LogP contribution in [0.1, 0.15) is 104 Å². The molecule has 0 aliphatic carbocycles. The second-order valence-electron chi connectivity index (χ2n) is 16.0. The minimum absolute atomic E-state index is 0.134. The van der Waals surface area contributed by atoms with Crippen molar-refractivity contribution in [2.24, 2.45) is 0 Å². The van der Waals surface area contributed by atoms with Crippen molar-refractivity contribution in [1.29, 1.82) is 0 Å². The molecule has 13 nitrogen and oxygen atoms in total. The molecule has 56 heavy (non-hydrogen) atoms. The molecule has 3 aromatic rings. The topological polar surface area (TPSA) is 166 Å². The Balaban J connectivity index is 0.000000733. The van der Waals surface area contributed by atoms with Crippen molar-refractivity contribution in [3.05, 3.63) is 72.8 Å². The molecule has 3 rings (SSSR count). The van der Waals surface area contributed by atoms with Crippen LogP contribution in [0, 0.1) is 0 Å². The van der Waals surface area contributed by atoms with E-state index in [1.54, 1.807) is 53.7 Å². The Morgan fingerprint density at radius 1 is 0.500 bits per heavy atom. The van der Waals surface area contributed by atoms with Crippen LogP contribution in [0.15, 0.2) is 72.8 Å². The summed E-state index contributed by atoms with van der Waals surface area (Å²) in [4.78, 5) is 33.5. The number of carbonyl (C=O) groups is 3. The van der Waals surface area contributed by atoms with Crippen LogP contribution in [0.3, 0.4) is 0 Å². The Morgan fingerprint density at radius 2 is 0.804 bits per heavy atom. The van der Waals surface area contributed by atoms with E-state index in [1.165, 1.54) is 0 Å². The standard InChI is InChI=1S/C14H21NO3.C10H15NO.C10H18O5.C9H13NO/c1-10(2)17-12-8-6-11(7-9-12)15-13(16)18-14(3,4)5;1-8(2)12-10-6-4-9(11-3)5-7-10;1-9(2,3)14-7(11)13-8(12)15-10(4,5)6;1-7(2)11-9-5-3-8(10)4-6-9/h6-10H,1-5H3,(H,15,16);4-8,11H,1-3H3;1-6H3;3-7H,10H2,1-2H3. The Hall–Kier alpha value is -5.33. The van der Waals surface area contributed by atoms with Crippen LogP contribution in [0.2, 0.25) is 0 Å². The fraction of sp³-hybridized carbons (Fsp3) is 0.512. The first-order valence-corrected chi connectivity index (χ1v) is 18.5. The number of amides is 1. The van der Waals surface area contributed by atoms with Crippen LogP contribution in [0.25, 0.3) is 0 Å². The van der Waals surface area contributed by atoms with Gasteiger partial charge in [0.2, 0.25) is 0 Å². The van der Waals surface area contributed by atoms with Crippen molar-refractivity contribution in [3.8, 4) is 17.2 Å². The number of benzene rings is 3. The highest BCUT2D eigenvalue weighted by Crippen LogP contribution is 2.19. The van der Waals surface area contributed by atoms with Crippen molar-refractivity contribution in [1.82, 2.24) is 0 Å². The van der Waals surface area contributed by atoms with Gasteiger partial charge in [0.1, 0.15) is 34.1 Å².